The van der Waals surface area contributed by atoms with Crippen LogP contribution in [0.15, 0.2) is 42.5 Å². The van der Waals surface area contributed by atoms with Gasteiger partial charge in [0.15, 0.2) is 11.5 Å². The molecule has 0 saturated carbocycles. The Bertz CT molecular complexity index is 809. The lowest BCUT2D eigenvalue weighted by Crippen LogP contribution is -2.39. The molecule has 2 aromatic rings. The zero-order chi connectivity index (χ0) is 20.5. The number of benzene rings is 2. The third kappa shape index (κ3) is 6.26. The number of halogens is 1. The van der Waals surface area contributed by atoms with Gasteiger partial charge < -0.3 is 19.7 Å². The predicted molar refractivity (Wildman–Crippen MR) is 104 cm³/mol. The Morgan fingerprint density at radius 1 is 1.00 bits per heavy atom. The number of nitrogens with zero attached hydrogens (tertiary/aromatic N) is 1. The molecule has 2 amide bonds. The zero-order valence-electron chi connectivity index (χ0n) is 16.3. The highest BCUT2D eigenvalue weighted by atomic mass is 19.1. The molecule has 0 aliphatic rings. The first-order valence-corrected chi connectivity index (χ1v) is 8.90. The molecule has 0 heterocycles. The number of hydrogen-bond donors (Lipinski definition) is 1. The molecule has 0 aliphatic heterocycles. The molecule has 0 spiro atoms. The summed E-state index contributed by atoms with van der Waals surface area (Å²) in [5.74, 6) is 0.410. The molecule has 0 aromatic heterocycles. The van der Waals surface area contributed by atoms with Crippen LogP contribution in [0.4, 0.5) is 4.39 Å². The summed E-state index contributed by atoms with van der Waals surface area (Å²) in [5, 5.41) is 2.79. The van der Waals surface area contributed by atoms with E-state index < -0.39 is 0 Å². The van der Waals surface area contributed by atoms with Crippen molar-refractivity contribution in [2.45, 2.75) is 19.9 Å². The van der Waals surface area contributed by atoms with Gasteiger partial charge in [0.05, 0.1) is 20.8 Å². The van der Waals surface area contributed by atoms with Crippen molar-refractivity contribution in [3.8, 4) is 11.5 Å². The van der Waals surface area contributed by atoms with Crippen LogP contribution in [0.2, 0.25) is 0 Å². The standard InChI is InChI=1S/C21H25FN2O4/c1-15(25)24(13-17-6-9-19(27-2)20(12-17)28-3)14-21(26)23-11-10-16-4-7-18(22)8-5-16/h4-9,12H,10-11,13-14H2,1-3H3,(H,23,26). The maximum absolute atomic E-state index is 12.9. The van der Waals surface area contributed by atoms with Gasteiger partial charge in [0.1, 0.15) is 5.82 Å². The minimum absolute atomic E-state index is 0.0485. The first-order valence-electron chi connectivity index (χ1n) is 8.90. The number of amides is 2. The second-order valence-corrected chi connectivity index (χ2v) is 6.29. The van der Waals surface area contributed by atoms with Crippen molar-refractivity contribution in [1.82, 2.24) is 10.2 Å². The molecule has 0 radical (unpaired) electrons. The van der Waals surface area contributed by atoms with Crippen LogP contribution in [0.25, 0.3) is 0 Å². The van der Waals surface area contributed by atoms with Crippen LogP contribution in [0.1, 0.15) is 18.1 Å². The van der Waals surface area contributed by atoms with Crippen LogP contribution in [0.3, 0.4) is 0 Å². The molecule has 0 fully saturated rings. The Kier molecular flexibility index (Phi) is 7.80. The number of nitrogens with one attached hydrogen (secondary N) is 1. The fourth-order valence-electron chi connectivity index (χ4n) is 2.70. The average Bonchev–Trinajstić information content (AvgIpc) is 2.68. The minimum atomic E-state index is -0.292. The molecule has 0 aliphatic carbocycles. The van der Waals surface area contributed by atoms with Crippen LogP contribution in [0.5, 0.6) is 11.5 Å². The fourth-order valence-corrected chi connectivity index (χ4v) is 2.70. The summed E-state index contributed by atoms with van der Waals surface area (Å²) in [5.41, 5.74) is 1.75. The Labute approximate surface area is 164 Å². The first kappa shape index (κ1) is 21.2. The van der Waals surface area contributed by atoms with Crippen molar-refractivity contribution in [1.29, 1.82) is 0 Å². The van der Waals surface area contributed by atoms with E-state index in [0.717, 1.165) is 11.1 Å². The van der Waals surface area contributed by atoms with E-state index in [4.69, 9.17) is 9.47 Å². The number of hydrogen-bond acceptors (Lipinski definition) is 4. The van der Waals surface area contributed by atoms with Crippen LogP contribution in [-0.2, 0) is 22.6 Å². The van der Waals surface area contributed by atoms with Gasteiger partial charge in [0.2, 0.25) is 11.8 Å². The largest absolute Gasteiger partial charge is 0.493 e. The second-order valence-electron chi connectivity index (χ2n) is 6.29. The lowest BCUT2D eigenvalue weighted by Gasteiger charge is -2.21. The lowest BCUT2D eigenvalue weighted by molar-refractivity contribution is -0.134. The van der Waals surface area contributed by atoms with Gasteiger partial charge >= 0.3 is 0 Å². The summed E-state index contributed by atoms with van der Waals surface area (Å²) in [6.45, 7) is 2.06. The Balaban J connectivity index is 1.90. The Morgan fingerprint density at radius 3 is 2.25 bits per heavy atom. The highest BCUT2D eigenvalue weighted by Crippen LogP contribution is 2.28. The molecule has 6 nitrogen and oxygen atoms in total. The average molecular weight is 388 g/mol. The number of methoxy groups -OCH3 is 2. The van der Waals surface area contributed by atoms with Crippen molar-refractivity contribution < 1.29 is 23.5 Å². The van der Waals surface area contributed by atoms with Gasteiger partial charge in [0, 0.05) is 20.0 Å². The van der Waals surface area contributed by atoms with Crippen LogP contribution < -0.4 is 14.8 Å². The Hall–Kier alpha value is -3.09. The van der Waals surface area contributed by atoms with Gasteiger partial charge in [-0.3, -0.25) is 9.59 Å². The van der Waals surface area contributed by atoms with Crippen molar-refractivity contribution in [3.05, 3.63) is 59.4 Å². The van der Waals surface area contributed by atoms with E-state index in [1.54, 1.807) is 38.5 Å². The van der Waals surface area contributed by atoms with E-state index in [1.165, 1.54) is 24.0 Å². The van der Waals surface area contributed by atoms with Gasteiger partial charge in [-0.05, 0) is 41.8 Å². The third-order valence-electron chi connectivity index (χ3n) is 4.25. The molecular weight excluding hydrogens is 363 g/mol. The Morgan fingerprint density at radius 2 is 1.64 bits per heavy atom. The first-order chi connectivity index (χ1) is 13.4. The number of rotatable bonds is 9. The molecule has 28 heavy (non-hydrogen) atoms. The maximum atomic E-state index is 12.9. The molecule has 2 aromatic carbocycles. The molecule has 0 atom stereocenters. The van der Waals surface area contributed by atoms with Gasteiger partial charge in [-0.15, -0.1) is 0 Å². The summed E-state index contributed by atoms with van der Waals surface area (Å²) in [7, 11) is 3.09. The number of ether oxygens (including phenoxy) is 2. The van der Waals surface area contributed by atoms with Crippen molar-refractivity contribution in [2.75, 3.05) is 27.3 Å². The summed E-state index contributed by atoms with van der Waals surface area (Å²) in [4.78, 5) is 25.6. The predicted octanol–water partition coefficient (Wildman–Crippen LogP) is 2.55. The van der Waals surface area contributed by atoms with Gasteiger partial charge in [-0.1, -0.05) is 18.2 Å². The van der Waals surface area contributed by atoms with E-state index in [2.05, 4.69) is 5.32 Å². The molecule has 0 saturated heterocycles. The quantitative estimate of drug-likeness (QED) is 0.717. The van der Waals surface area contributed by atoms with E-state index in [0.29, 0.717) is 24.5 Å². The van der Waals surface area contributed by atoms with E-state index in [9.17, 15) is 14.0 Å². The summed E-state index contributed by atoms with van der Waals surface area (Å²) in [6.07, 6.45) is 0.585. The zero-order valence-corrected chi connectivity index (χ0v) is 16.3. The summed E-state index contributed by atoms with van der Waals surface area (Å²) < 4.78 is 23.4. The molecule has 1 N–H and O–H groups in total. The second kappa shape index (κ2) is 10.3. The monoisotopic (exact) mass is 388 g/mol. The SMILES string of the molecule is COc1ccc(CN(CC(=O)NCCc2ccc(F)cc2)C(C)=O)cc1OC. The normalized spacial score (nSPS) is 10.3. The highest BCUT2D eigenvalue weighted by Gasteiger charge is 2.15. The third-order valence-corrected chi connectivity index (χ3v) is 4.25. The van der Waals surface area contributed by atoms with E-state index in [1.807, 2.05) is 6.07 Å². The number of carbonyl (C=O) groups excluding carboxylic acids is 2. The summed E-state index contributed by atoms with van der Waals surface area (Å²) in [6, 6.07) is 11.5. The molecule has 150 valence electrons. The molecule has 0 unspecified atom stereocenters. The van der Waals surface area contributed by atoms with Gasteiger partial charge in [0.25, 0.3) is 0 Å². The number of carbonyl (C=O) groups is 2. The smallest absolute Gasteiger partial charge is 0.239 e. The minimum Gasteiger partial charge on any atom is -0.493 e. The summed E-state index contributed by atoms with van der Waals surface area (Å²) >= 11 is 0. The molecule has 0 bridgehead atoms. The van der Waals surface area contributed by atoms with Crippen molar-refractivity contribution in [2.24, 2.45) is 0 Å². The van der Waals surface area contributed by atoms with E-state index >= 15 is 0 Å². The topological polar surface area (TPSA) is 67.9 Å². The maximum Gasteiger partial charge on any atom is 0.239 e. The van der Waals surface area contributed by atoms with Gasteiger partial charge in [-0.25, -0.2) is 4.39 Å². The molecule has 2 rings (SSSR count). The molecular formula is C21H25FN2O4. The van der Waals surface area contributed by atoms with Crippen LogP contribution >= 0.6 is 0 Å². The fraction of sp³-hybridized carbons (Fsp3) is 0.333. The van der Waals surface area contributed by atoms with Crippen LogP contribution in [-0.4, -0.2) is 44.0 Å². The van der Waals surface area contributed by atoms with Crippen LogP contribution in [0, 0.1) is 5.82 Å². The van der Waals surface area contributed by atoms with E-state index in [-0.39, 0.29) is 30.7 Å². The van der Waals surface area contributed by atoms with Crippen molar-refractivity contribution in [3.63, 3.8) is 0 Å². The van der Waals surface area contributed by atoms with Gasteiger partial charge in [-0.2, -0.15) is 0 Å². The van der Waals surface area contributed by atoms with Crippen molar-refractivity contribution >= 4 is 11.8 Å². The lowest BCUT2D eigenvalue weighted by atomic mass is 10.1. The molecule has 7 heteroatoms. The highest BCUT2D eigenvalue weighted by molar-refractivity contribution is 5.83.